The third-order valence-electron chi connectivity index (χ3n) is 2.72. The topological polar surface area (TPSA) is 52.9 Å². The van der Waals surface area contributed by atoms with Crippen LogP contribution >= 0.6 is 34.2 Å². The first kappa shape index (κ1) is 14.8. The molecule has 0 saturated heterocycles. The van der Waals surface area contributed by atoms with Crippen LogP contribution in [0.25, 0.3) is 0 Å². The number of halogens is 2. The highest BCUT2D eigenvalue weighted by Gasteiger charge is 2.15. The van der Waals surface area contributed by atoms with Crippen LogP contribution in [0, 0.1) is 14.9 Å². The first-order valence-corrected chi connectivity index (χ1v) is 7.28. The van der Waals surface area contributed by atoms with Crippen LogP contribution in [0.4, 0.5) is 0 Å². The summed E-state index contributed by atoms with van der Waals surface area (Å²) in [5.41, 5.74) is 1.19. The Balaban J connectivity index is 2.18. The van der Waals surface area contributed by atoms with Gasteiger partial charge in [0.2, 0.25) is 0 Å². The van der Waals surface area contributed by atoms with Crippen LogP contribution in [0.5, 0.6) is 0 Å². The lowest BCUT2D eigenvalue weighted by atomic mass is 10.1. The second kappa shape index (κ2) is 6.73. The summed E-state index contributed by atoms with van der Waals surface area (Å²) >= 11 is 8.08. The summed E-state index contributed by atoms with van der Waals surface area (Å²) in [5, 5.41) is 12.4. The molecule has 0 aliphatic heterocycles. The molecule has 5 heteroatoms. The largest absolute Gasteiger partial charge is 0.332 e. The minimum atomic E-state index is -0.679. The van der Waals surface area contributed by atoms with Crippen LogP contribution in [-0.4, -0.2) is 5.91 Å². The fraction of sp³-hybridized carbons (Fsp3) is 0.0667. The fourth-order valence-electron chi connectivity index (χ4n) is 1.69. The molecule has 3 nitrogen and oxygen atoms in total. The number of hydrogen-bond donors (Lipinski definition) is 1. The summed E-state index contributed by atoms with van der Waals surface area (Å²) in [6, 6.07) is 15.6. The quantitative estimate of drug-likeness (QED) is 0.799. The monoisotopic (exact) mass is 396 g/mol. The molecule has 0 aromatic heterocycles. The van der Waals surface area contributed by atoms with Crippen molar-refractivity contribution in [1.29, 1.82) is 5.26 Å². The molecule has 2 rings (SSSR count). The van der Waals surface area contributed by atoms with E-state index in [9.17, 15) is 10.1 Å². The zero-order valence-corrected chi connectivity index (χ0v) is 13.2. The molecule has 2 aromatic rings. The Bertz CT molecular complexity index is 667. The Labute approximate surface area is 135 Å². The zero-order chi connectivity index (χ0) is 14.5. The Morgan fingerprint density at radius 2 is 1.95 bits per heavy atom. The van der Waals surface area contributed by atoms with Crippen molar-refractivity contribution in [1.82, 2.24) is 5.32 Å². The van der Waals surface area contributed by atoms with Crippen LogP contribution < -0.4 is 5.32 Å². The fourth-order valence-corrected chi connectivity index (χ4v) is 2.20. The minimum absolute atomic E-state index is 0.321. The van der Waals surface area contributed by atoms with Crippen LogP contribution in [0.15, 0.2) is 48.5 Å². The molecular formula is C15H10ClIN2O. The predicted molar refractivity (Wildman–Crippen MR) is 86.4 cm³/mol. The average molecular weight is 397 g/mol. The Morgan fingerprint density at radius 1 is 1.25 bits per heavy atom. The van der Waals surface area contributed by atoms with Gasteiger partial charge in [-0.3, -0.25) is 4.79 Å². The second-order valence-corrected chi connectivity index (χ2v) is 5.64. The molecule has 1 unspecified atom stereocenters. The second-order valence-electron chi connectivity index (χ2n) is 4.08. The number of carbonyl (C=O) groups excluding carboxylic acids is 1. The molecule has 1 atom stereocenters. The smallest absolute Gasteiger partial charge is 0.252 e. The maximum absolute atomic E-state index is 12.1. The van der Waals surface area contributed by atoms with Gasteiger partial charge in [-0.2, -0.15) is 5.26 Å². The van der Waals surface area contributed by atoms with Gasteiger partial charge in [-0.05, 0) is 46.4 Å². The Hall–Kier alpha value is -1.58. The molecule has 0 aliphatic rings. The molecule has 0 bridgehead atoms. The van der Waals surface area contributed by atoms with Gasteiger partial charge in [-0.25, -0.2) is 0 Å². The zero-order valence-electron chi connectivity index (χ0n) is 10.3. The van der Waals surface area contributed by atoms with Crippen molar-refractivity contribution >= 4 is 40.1 Å². The van der Waals surface area contributed by atoms with E-state index in [2.05, 4.69) is 34.0 Å². The van der Waals surface area contributed by atoms with Gasteiger partial charge in [-0.15, -0.1) is 0 Å². The van der Waals surface area contributed by atoms with Crippen molar-refractivity contribution in [2.24, 2.45) is 0 Å². The summed E-state index contributed by atoms with van der Waals surface area (Å²) in [4.78, 5) is 12.1. The van der Waals surface area contributed by atoms with Gasteiger partial charge in [0, 0.05) is 9.13 Å². The normalized spacial score (nSPS) is 11.4. The van der Waals surface area contributed by atoms with Gasteiger partial charge >= 0.3 is 0 Å². The average Bonchev–Trinajstić information content (AvgIpc) is 2.48. The molecule has 0 aliphatic carbocycles. The van der Waals surface area contributed by atoms with Crippen LogP contribution in [0.3, 0.4) is 0 Å². The van der Waals surface area contributed by atoms with Crippen molar-refractivity contribution in [3.63, 3.8) is 0 Å². The van der Waals surface area contributed by atoms with E-state index >= 15 is 0 Å². The summed E-state index contributed by atoms with van der Waals surface area (Å²) in [5.74, 6) is -0.321. The Kier molecular flexibility index (Phi) is 4.99. The first-order valence-electron chi connectivity index (χ1n) is 5.82. The Morgan fingerprint density at radius 3 is 2.55 bits per heavy atom. The summed E-state index contributed by atoms with van der Waals surface area (Å²) < 4.78 is 0.876. The molecule has 2 aromatic carbocycles. The molecule has 20 heavy (non-hydrogen) atoms. The number of hydrogen-bond acceptors (Lipinski definition) is 2. The van der Waals surface area contributed by atoms with Gasteiger partial charge in [0.05, 0.1) is 11.1 Å². The van der Waals surface area contributed by atoms with Gasteiger partial charge in [0.1, 0.15) is 6.04 Å². The maximum Gasteiger partial charge on any atom is 0.252 e. The molecular weight excluding hydrogens is 387 g/mol. The van der Waals surface area contributed by atoms with Crippen molar-refractivity contribution in [3.8, 4) is 6.07 Å². The highest BCUT2D eigenvalue weighted by Crippen LogP contribution is 2.20. The van der Waals surface area contributed by atoms with E-state index in [1.54, 1.807) is 30.3 Å². The van der Waals surface area contributed by atoms with E-state index in [1.807, 2.05) is 18.2 Å². The molecule has 0 saturated carbocycles. The number of nitrogens with zero attached hydrogens (tertiary/aromatic N) is 1. The van der Waals surface area contributed by atoms with Gasteiger partial charge in [0.25, 0.3) is 5.91 Å². The van der Waals surface area contributed by atoms with E-state index in [1.165, 1.54) is 0 Å². The molecule has 100 valence electrons. The summed E-state index contributed by atoms with van der Waals surface area (Å²) in [6.07, 6.45) is 0. The number of benzene rings is 2. The number of nitrogens with one attached hydrogen (secondary N) is 1. The number of rotatable bonds is 3. The SMILES string of the molecule is N#CC(NC(=O)c1ccc(I)c(Cl)c1)c1ccccc1. The predicted octanol–water partition coefficient (Wildman–Crippen LogP) is 3.94. The molecule has 0 spiro atoms. The standard InChI is InChI=1S/C15H10ClIN2O/c16-12-8-11(6-7-13(12)17)15(20)19-14(9-18)10-4-2-1-3-5-10/h1-8,14H,(H,19,20). The van der Waals surface area contributed by atoms with Crippen molar-refractivity contribution in [2.45, 2.75) is 6.04 Å². The van der Waals surface area contributed by atoms with E-state index in [0.29, 0.717) is 10.6 Å². The first-order chi connectivity index (χ1) is 9.61. The maximum atomic E-state index is 12.1. The lowest BCUT2D eigenvalue weighted by Gasteiger charge is -2.12. The van der Waals surface area contributed by atoms with E-state index < -0.39 is 6.04 Å². The lowest BCUT2D eigenvalue weighted by Crippen LogP contribution is -2.27. The number of nitriles is 1. The lowest BCUT2D eigenvalue weighted by molar-refractivity contribution is 0.0945. The third kappa shape index (κ3) is 3.50. The molecule has 0 heterocycles. The van der Waals surface area contributed by atoms with Crippen molar-refractivity contribution < 1.29 is 4.79 Å². The van der Waals surface area contributed by atoms with Gasteiger partial charge in [0.15, 0.2) is 0 Å². The third-order valence-corrected chi connectivity index (χ3v) is 4.29. The minimum Gasteiger partial charge on any atom is -0.332 e. The van der Waals surface area contributed by atoms with Crippen molar-refractivity contribution in [3.05, 3.63) is 68.3 Å². The summed E-state index contributed by atoms with van der Waals surface area (Å²) in [6.45, 7) is 0. The number of amides is 1. The molecule has 0 fully saturated rings. The highest BCUT2D eigenvalue weighted by molar-refractivity contribution is 14.1. The molecule has 1 N–H and O–H groups in total. The van der Waals surface area contributed by atoms with Crippen LogP contribution in [-0.2, 0) is 0 Å². The van der Waals surface area contributed by atoms with Gasteiger partial charge < -0.3 is 5.32 Å². The van der Waals surface area contributed by atoms with Crippen LogP contribution in [0.1, 0.15) is 22.0 Å². The van der Waals surface area contributed by atoms with E-state index in [4.69, 9.17) is 11.6 Å². The number of carbonyl (C=O) groups is 1. The summed E-state index contributed by atoms with van der Waals surface area (Å²) in [7, 11) is 0. The van der Waals surface area contributed by atoms with Crippen LogP contribution in [0.2, 0.25) is 5.02 Å². The van der Waals surface area contributed by atoms with Crippen molar-refractivity contribution in [2.75, 3.05) is 0 Å². The molecule has 1 amide bonds. The highest BCUT2D eigenvalue weighted by atomic mass is 127. The molecule has 0 radical (unpaired) electrons. The van der Waals surface area contributed by atoms with Gasteiger partial charge in [-0.1, -0.05) is 41.9 Å². The van der Waals surface area contributed by atoms with E-state index in [-0.39, 0.29) is 5.91 Å². The van der Waals surface area contributed by atoms with E-state index in [0.717, 1.165) is 9.13 Å².